The van der Waals surface area contributed by atoms with Crippen LogP contribution in [0.4, 0.5) is 13.2 Å². The summed E-state index contributed by atoms with van der Waals surface area (Å²) in [5, 5.41) is 6.75. The summed E-state index contributed by atoms with van der Waals surface area (Å²) in [7, 11) is 0. The van der Waals surface area contributed by atoms with E-state index in [1.165, 1.54) is 12.1 Å². The lowest BCUT2D eigenvalue weighted by molar-refractivity contribution is -0.139. The van der Waals surface area contributed by atoms with E-state index in [2.05, 4.69) is 17.2 Å². The summed E-state index contributed by atoms with van der Waals surface area (Å²) in [6.07, 6.45) is -2.79. The van der Waals surface area contributed by atoms with E-state index in [9.17, 15) is 13.2 Å². The van der Waals surface area contributed by atoms with Gasteiger partial charge in [-0.05, 0) is 47.4 Å². The molecule has 1 fully saturated rings. The maximum Gasteiger partial charge on any atom is 0.417 e. The number of ether oxygens (including phenoxy) is 1. The zero-order chi connectivity index (χ0) is 21.6. The minimum absolute atomic E-state index is 0.0709. The fourth-order valence-corrected chi connectivity index (χ4v) is 4.23. The monoisotopic (exact) mass is 456 g/mol. The summed E-state index contributed by atoms with van der Waals surface area (Å²) in [6, 6.07) is 9.68. The van der Waals surface area contributed by atoms with Crippen molar-refractivity contribution in [2.75, 3.05) is 26.2 Å². The van der Waals surface area contributed by atoms with Crippen LogP contribution in [0.1, 0.15) is 16.7 Å². The van der Waals surface area contributed by atoms with Crippen LogP contribution >= 0.6 is 23.4 Å². The van der Waals surface area contributed by atoms with Crippen molar-refractivity contribution in [3.05, 3.63) is 70.8 Å². The number of hydrogen-bond donors (Lipinski definition) is 2. The number of benzene rings is 2. The standard InChI is InChI=1S/C22H24ClF3N2OS/c1-2-5-29-19-7-15(10-27-11-17-12-28-13-17)6-16(8-19)14-30-21-4-3-18(23)9-20(21)22(24,25)26/h2-4,6-9,17,27-28H,1,5,10-14H2. The maximum absolute atomic E-state index is 13.3. The molecule has 30 heavy (non-hydrogen) atoms. The highest BCUT2D eigenvalue weighted by atomic mass is 35.5. The molecule has 1 heterocycles. The first-order chi connectivity index (χ1) is 14.3. The van der Waals surface area contributed by atoms with Crippen LogP contribution in [-0.2, 0) is 18.5 Å². The van der Waals surface area contributed by atoms with Crippen LogP contribution in [0.5, 0.6) is 5.75 Å². The molecule has 0 spiro atoms. The van der Waals surface area contributed by atoms with Gasteiger partial charge in [-0.1, -0.05) is 30.3 Å². The van der Waals surface area contributed by atoms with E-state index in [0.29, 0.717) is 30.6 Å². The summed E-state index contributed by atoms with van der Waals surface area (Å²) < 4.78 is 45.7. The summed E-state index contributed by atoms with van der Waals surface area (Å²) in [5.41, 5.74) is 1.22. The van der Waals surface area contributed by atoms with Gasteiger partial charge in [0.2, 0.25) is 0 Å². The molecule has 8 heteroatoms. The van der Waals surface area contributed by atoms with Gasteiger partial charge in [0.15, 0.2) is 0 Å². The minimum Gasteiger partial charge on any atom is -0.490 e. The molecular weight excluding hydrogens is 433 g/mol. The van der Waals surface area contributed by atoms with Gasteiger partial charge >= 0.3 is 6.18 Å². The Balaban J connectivity index is 1.72. The zero-order valence-electron chi connectivity index (χ0n) is 16.4. The number of nitrogens with one attached hydrogen (secondary N) is 2. The van der Waals surface area contributed by atoms with Gasteiger partial charge in [0, 0.05) is 41.8 Å². The maximum atomic E-state index is 13.3. The molecule has 162 valence electrons. The summed E-state index contributed by atoms with van der Waals surface area (Å²) >= 11 is 6.91. The molecule has 0 atom stereocenters. The average molecular weight is 457 g/mol. The predicted molar refractivity (Wildman–Crippen MR) is 116 cm³/mol. The van der Waals surface area contributed by atoms with E-state index in [1.807, 2.05) is 18.2 Å². The minimum atomic E-state index is -4.45. The van der Waals surface area contributed by atoms with Crippen LogP contribution in [0.25, 0.3) is 0 Å². The van der Waals surface area contributed by atoms with Crippen molar-refractivity contribution in [3.8, 4) is 5.75 Å². The third-order valence-electron chi connectivity index (χ3n) is 4.66. The highest BCUT2D eigenvalue weighted by Gasteiger charge is 2.33. The highest BCUT2D eigenvalue weighted by molar-refractivity contribution is 7.98. The molecule has 2 N–H and O–H groups in total. The van der Waals surface area contributed by atoms with Crippen molar-refractivity contribution in [3.63, 3.8) is 0 Å². The van der Waals surface area contributed by atoms with Gasteiger partial charge in [0.1, 0.15) is 12.4 Å². The van der Waals surface area contributed by atoms with E-state index < -0.39 is 11.7 Å². The van der Waals surface area contributed by atoms with Gasteiger partial charge in [-0.15, -0.1) is 11.8 Å². The first-order valence-electron chi connectivity index (χ1n) is 9.62. The van der Waals surface area contributed by atoms with Gasteiger partial charge < -0.3 is 15.4 Å². The molecule has 1 saturated heterocycles. The SMILES string of the molecule is C=CCOc1cc(CNCC2CNC2)cc(CSc2ccc(Cl)cc2C(F)(F)F)c1. The molecular formula is C22H24ClF3N2OS. The van der Waals surface area contributed by atoms with Gasteiger partial charge in [0.05, 0.1) is 5.56 Å². The van der Waals surface area contributed by atoms with Crippen molar-refractivity contribution in [1.29, 1.82) is 0 Å². The van der Waals surface area contributed by atoms with Crippen molar-refractivity contribution in [2.45, 2.75) is 23.4 Å². The van der Waals surface area contributed by atoms with E-state index >= 15 is 0 Å². The number of halogens is 4. The second-order valence-electron chi connectivity index (χ2n) is 7.17. The molecule has 3 rings (SSSR count). The normalized spacial score (nSPS) is 14.4. The van der Waals surface area contributed by atoms with Gasteiger partial charge in [0.25, 0.3) is 0 Å². The first kappa shape index (κ1) is 23.0. The molecule has 0 aromatic heterocycles. The Morgan fingerprint density at radius 2 is 1.97 bits per heavy atom. The number of alkyl halides is 3. The Bertz CT molecular complexity index is 872. The summed E-state index contributed by atoms with van der Waals surface area (Å²) in [6.45, 7) is 7.68. The quantitative estimate of drug-likeness (QED) is 0.364. The fraction of sp³-hybridized carbons (Fsp3) is 0.364. The third-order valence-corrected chi connectivity index (χ3v) is 6.04. The molecule has 1 aliphatic heterocycles. The molecule has 0 bridgehead atoms. The van der Waals surface area contributed by atoms with Crippen LogP contribution in [0.15, 0.2) is 53.9 Å². The predicted octanol–water partition coefficient (Wildman–Crippen LogP) is 5.52. The van der Waals surface area contributed by atoms with Crippen molar-refractivity contribution >= 4 is 23.4 Å². The van der Waals surface area contributed by atoms with E-state index in [-0.39, 0.29) is 9.92 Å². The van der Waals surface area contributed by atoms with E-state index in [1.54, 1.807) is 6.08 Å². The Labute approximate surface area is 184 Å². The first-order valence-corrected chi connectivity index (χ1v) is 11.0. The molecule has 0 amide bonds. The summed E-state index contributed by atoms with van der Waals surface area (Å²) in [5.74, 6) is 1.71. The Kier molecular flexibility index (Phi) is 8.11. The number of hydrogen-bond acceptors (Lipinski definition) is 4. The highest BCUT2D eigenvalue weighted by Crippen LogP contribution is 2.39. The Hall–Kier alpha value is -1.67. The average Bonchev–Trinajstić information content (AvgIpc) is 2.66. The number of rotatable bonds is 10. The van der Waals surface area contributed by atoms with Crippen LogP contribution in [-0.4, -0.2) is 26.2 Å². The second kappa shape index (κ2) is 10.6. The lowest BCUT2D eigenvalue weighted by atomic mass is 10.0. The van der Waals surface area contributed by atoms with Crippen LogP contribution in [0, 0.1) is 5.92 Å². The molecule has 2 aromatic carbocycles. The number of thioether (sulfide) groups is 1. The smallest absolute Gasteiger partial charge is 0.417 e. The second-order valence-corrected chi connectivity index (χ2v) is 8.62. The largest absolute Gasteiger partial charge is 0.490 e. The van der Waals surface area contributed by atoms with Crippen molar-refractivity contribution < 1.29 is 17.9 Å². The zero-order valence-corrected chi connectivity index (χ0v) is 18.0. The topological polar surface area (TPSA) is 33.3 Å². The van der Waals surface area contributed by atoms with Crippen molar-refractivity contribution in [2.24, 2.45) is 5.92 Å². The van der Waals surface area contributed by atoms with Crippen LogP contribution in [0.3, 0.4) is 0 Å². The van der Waals surface area contributed by atoms with Crippen LogP contribution < -0.4 is 15.4 Å². The lowest BCUT2D eigenvalue weighted by Crippen LogP contribution is -2.47. The molecule has 2 aromatic rings. The van der Waals surface area contributed by atoms with Gasteiger partial charge in [-0.3, -0.25) is 0 Å². The molecule has 0 radical (unpaired) electrons. The Morgan fingerprint density at radius 3 is 2.63 bits per heavy atom. The van der Waals surface area contributed by atoms with Gasteiger partial charge in [-0.25, -0.2) is 0 Å². The van der Waals surface area contributed by atoms with E-state index in [0.717, 1.165) is 48.6 Å². The molecule has 3 nitrogen and oxygen atoms in total. The summed E-state index contributed by atoms with van der Waals surface area (Å²) in [4.78, 5) is 0.154. The Morgan fingerprint density at radius 1 is 1.20 bits per heavy atom. The molecule has 0 aliphatic carbocycles. The molecule has 1 aliphatic rings. The van der Waals surface area contributed by atoms with Gasteiger partial charge in [-0.2, -0.15) is 13.2 Å². The third kappa shape index (κ3) is 6.67. The molecule has 0 saturated carbocycles. The lowest BCUT2D eigenvalue weighted by Gasteiger charge is -2.27. The fourth-order valence-electron chi connectivity index (χ4n) is 3.08. The van der Waals surface area contributed by atoms with Crippen molar-refractivity contribution in [1.82, 2.24) is 10.6 Å². The van der Waals surface area contributed by atoms with E-state index in [4.69, 9.17) is 16.3 Å². The van der Waals surface area contributed by atoms with Crippen LogP contribution in [0.2, 0.25) is 5.02 Å². The molecule has 0 unspecified atom stereocenters.